The molecule has 1 atom stereocenters. The third kappa shape index (κ3) is 6.32. The van der Waals surface area contributed by atoms with Crippen LogP contribution in [0.15, 0.2) is 48.7 Å². The summed E-state index contributed by atoms with van der Waals surface area (Å²) in [5.74, 6) is -1.18. The number of nitrogens with zero attached hydrogens (tertiary/aromatic N) is 2. The van der Waals surface area contributed by atoms with Gasteiger partial charge in [0.1, 0.15) is 5.82 Å². The fourth-order valence-electron chi connectivity index (χ4n) is 3.85. The van der Waals surface area contributed by atoms with E-state index < -0.39 is 5.82 Å². The molecule has 1 saturated heterocycles. The summed E-state index contributed by atoms with van der Waals surface area (Å²) >= 11 is 5.80. The zero-order valence-electron chi connectivity index (χ0n) is 19.0. The minimum Gasteiger partial charge on any atom is -0.382 e. The molecule has 0 saturated carbocycles. The van der Waals surface area contributed by atoms with Gasteiger partial charge in [-0.2, -0.15) is 0 Å². The molecule has 0 spiro atoms. The summed E-state index contributed by atoms with van der Waals surface area (Å²) in [6, 6.07) is 11.1. The summed E-state index contributed by atoms with van der Waals surface area (Å²) in [6.07, 6.45) is 4.46. The highest BCUT2D eigenvalue weighted by Gasteiger charge is 2.20. The summed E-state index contributed by atoms with van der Waals surface area (Å²) in [5, 5.41) is 9.07. The average molecular weight is 497 g/mol. The van der Waals surface area contributed by atoms with Crippen molar-refractivity contribution >= 4 is 29.2 Å². The van der Waals surface area contributed by atoms with Crippen LogP contribution in [0.4, 0.5) is 10.2 Å². The van der Waals surface area contributed by atoms with Gasteiger partial charge in [0.05, 0.1) is 16.9 Å². The maximum absolute atomic E-state index is 13.3. The van der Waals surface area contributed by atoms with Crippen molar-refractivity contribution in [2.24, 2.45) is 0 Å². The van der Waals surface area contributed by atoms with Gasteiger partial charge in [0.2, 0.25) is 0 Å². The molecule has 2 aromatic carbocycles. The molecule has 1 fully saturated rings. The fourth-order valence-corrected chi connectivity index (χ4v) is 4.06. The second-order valence-corrected chi connectivity index (χ2v) is 8.78. The van der Waals surface area contributed by atoms with Crippen LogP contribution < -0.4 is 21.7 Å². The van der Waals surface area contributed by atoms with Crippen LogP contribution in [0.5, 0.6) is 0 Å². The predicted octanol–water partition coefficient (Wildman–Crippen LogP) is 3.32. The largest absolute Gasteiger partial charge is 0.382 e. The lowest BCUT2D eigenvalue weighted by Crippen LogP contribution is -2.41. The molecule has 8 nitrogen and oxygen atoms in total. The lowest BCUT2D eigenvalue weighted by atomic mass is 10.1. The molecule has 35 heavy (non-hydrogen) atoms. The van der Waals surface area contributed by atoms with E-state index in [1.165, 1.54) is 18.3 Å². The number of hydrogen-bond donors (Lipinski definition) is 4. The van der Waals surface area contributed by atoms with Gasteiger partial charge in [0, 0.05) is 30.3 Å². The summed E-state index contributed by atoms with van der Waals surface area (Å²) in [6.45, 7) is 1.82. The number of anilines is 1. The van der Waals surface area contributed by atoms with E-state index >= 15 is 0 Å². The highest BCUT2D eigenvalue weighted by molar-refractivity contribution is 6.30. The first kappa shape index (κ1) is 24.6. The van der Waals surface area contributed by atoms with Crippen molar-refractivity contribution in [2.75, 3.05) is 18.8 Å². The Morgan fingerprint density at radius 3 is 2.86 bits per heavy atom. The second-order valence-electron chi connectivity index (χ2n) is 8.37. The fraction of sp³-hybridized carbons (Fsp3) is 0.280. The average Bonchev–Trinajstić information content (AvgIpc) is 3.13. The van der Waals surface area contributed by atoms with E-state index in [2.05, 4.69) is 25.9 Å². The van der Waals surface area contributed by atoms with Crippen LogP contribution in [0.3, 0.4) is 0 Å². The van der Waals surface area contributed by atoms with Gasteiger partial charge in [-0.1, -0.05) is 36.2 Å². The first-order chi connectivity index (χ1) is 16.9. The van der Waals surface area contributed by atoms with E-state index in [0.29, 0.717) is 28.9 Å². The van der Waals surface area contributed by atoms with E-state index in [4.69, 9.17) is 17.3 Å². The van der Waals surface area contributed by atoms with Crippen molar-refractivity contribution in [1.29, 1.82) is 0 Å². The molecule has 182 valence electrons. The van der Waals surface area contributed by atoms with Crippen LogP contribution in [-0.2, 0) is 6.54 Å². The first-order valence-electron chi connectivity index (χ1n) is 11.4. The van der Waals surface area contributed by atoms with Crippen molar-refractivity contribution in [3.63, 3.8) is 0 Å². The monoisotopic (exact) mass is 496 g/mol. The molecule has 1 aliphatic heterocycles. The number of benzene rings is 2. The van der Waals surface area contributed by atoms with E-state index in [0.717, 1.165) is 25.8 Å². The summed E-state index contributed by atoms with van der Waals surface area (Å²) in [4.78, 5) is 34.1. The Kier molecular flexibility index (Phi) is 7.89. The lowest BCUT2D eigenvalue weighted by Gasteiger charge is -2.16. The molecule has 0 bridgehead atoms. The molecule has 0 radical (unpaired) electrons. The van der Waals surface area contributed by atoms with Crippen molar-refractivity contribution < 1.29 is 14.0 Å². The number of aromatic nitrogens is 2. The van der Waals surface area contributed by atoms with Crippen LogP contribution in [0.2, 0.25) is 5.02 Å². The molecule has 10 heteroatoms. The zero-order chi connectivity index (χ0) is 24.8. The lowest BCUT2D eigenvalue weighted by molar-refractivity contribution is 0.0928. The molecule has 2 amide bonds. The SMILES string of the molecule is Nc1ncc(-c2cccc(C(=O)NCc3ccc(F)c(Cl)c3)c2)nc1C(=O)N[C@H]1CCCCNC1. The van der Waals surface area contributed by atoms with Crippen molar-refractivity contribution in [3.8, 4) is 11.3 Å². The van der Waals surface area contributed by atoms with Crippen LogP contribution >= 0.6 is 11.6 Å². The summed E-state index contributed by atoms with van der Waals surface area (Å²) in [7, 11) is 0. The second kappa shape index (κ2) is 11.2. The number of carbonyl (C=O) groups is 2. The van der Waals surface area contributed by atoms with Gasteiger partial charge in [-0.05, 0) is 49.2 Å². The third-order valence-corrected chi connectivity index (χ3v) is 6.05. The van der Waals surface area contributed by atoms with Gasteiger partial charge in [0.25, 0.3) is 11.8 Å². The van der Waals surface area contributed by atoms with Crippen LogP contribution in [0.1, 0.15) is 45.7 Å². The smallest absolute Gasteiger partial charge is 0.274 e. The minimum atomic E-state index is -0.516. The Hall–Kier alpha value is -3.56. The Morgan fingerprint density at radius 2 is 2.03 bits per heavy atom. The minimum absolute atomic E-state index is 0.00197. The van der Waals surface area contributed by atoms with E-state index in [1.807, 2.05) is 0 Å². The number of nitrogen functional groups attached to an aromatic ring is 1. The maximum atomic E-state index is 13.3. The summed E-state index contributed by atoms with van der Waals surface area (Å²) in [5.41, 5.74) is 8.10. The summed E-state index contributed by atoms with van der Waals surface area (Å²) < 4.78 is 13.3. The predicted molar refractivity (Wildman–Crippen MR) is 132 cm³/mol. The van der Waals surface area contributed by atoms with Gasteiger partial charge in [-0.25, -0.2) is 14.4 Å². The van der Waals surface area contributed by atoms with Crippen LogP contribution in [-0.4, -0.2) is 40.9 Å². The maximum Gasteiger partial charge on any atom is 0.274 e. The Labute approximate surface area is 207 Å². The van der Waals surface area contributed by atoms with Gasteiger partial charge < -0.3 is 21.7 Å². The zero-order valence-corrected chi connectivity index (χ0v) is 19.7. The molecule has 1 aromatic heterocycles. The molecule has 0 aliphatic carbocycles. The topological polar surface area (TPSA) is 122 Å². The first-order valence-corrected chi connectivity index (χ1v) is 11.7. The Bertz CT molecular complexity index is 1230. The number of rotatable bonds is 6. The van der Waals surface area contributed by atoms with Crippen molar-refractivity contribution in [2.45, 2.75) is 31.8 Å². The Balaban J connectivity index is 1.47. The van der Waals surface area contributed by atoms with Gasteiger partial charge in [0.15, 0.2) is 11.5 Å². The number of nitrogens with two attached hydrogens (primary N) is 1. The Morgan fingerprint density at radius 1 is 1.17 bits per heavy atom. The van der Waals surface area contributed by atoms with Crippen LogP contribution in [0.25, 0.3) is 11.3 Å². The standard InChI is InChI=1S/C25H26ClFN6O2/c26-19-10-15(7-8-20(19)27)12-31-24(34)17-5-3-4-16(11-17)21-14-30-23(28)22(33-21)25(35)32-18-6-1-2-9-29-13-18/h3-5,7-8,10-11,14,18,29H,1-2,6,9,12-13H2,(H2,28,30)(H,31,34)(H,32,35)/t18-/m0/s1. The number of halogens is 2. The third-order valence-electron chi connectivity index (χ3n) is 5.76. The number of amides is 2. The van der Waals surface area contributed by atoms with Gasteiger partial charge in [-0.15, -0.1) is 0 Å². The molecular weight excluding hydrogens is 471 g/mol. The molecule has 1 aliphatic rings. The van der Waals surface area contributed by atoms with Crippen molar-refractivity contribution in [1.82, 2.24) is 25.9 Å². The molecular formula is C25H26ClFN6O2. The van der Waals surface area contributed by atoms with Gasteiger partial charge >= 0.3 is 0 Å². The van der Waals surface area contributed by atoms with E-state index in [1.54, 1.807) is 30.3 Å². The highest BCUT2D eigenvalue weighted by atomic mass is 35.5. The normalized spacial score (nSPS) is 15.8. The van der Waals surface area contributed by atoms with E-state index in [-0.39, 0.29) is 40.9 Å². The van der Waals surface area contributed by atoms with Crippen LogP contribution in [0, 0.1) is 5.82 Å². The van der Waals surface area contributed by atoms with E-state index in [9.17, 15) is 14.0 Å². The van der Waals surface area contributed by atoms with Gasteiger partial charge in [-0.3, -0.25) is 9.59 Å². The quantitative estimate of drug-likeness (QED) is 0.415. The van der Waals surface area contributed by atoms with Crippen molar-refractivity contribution in [3.05, 3.63) is 76.3 Å². The number of carbonyl (C=O) groups excluding carboxylic acids is 2. The number of nitrogens with one attached hydrogen (secondary N) is 3. The number of hydrogen-bond acceptors (Lipinski definition) is 6. The molecule has 3 aromatic rings. The molecule has 2 heterocycles. The molecule has 4 rings (SSSR count). The molecule has 0 unspecified atom stereocenters. The highest BCUT2D eigenvalue weighted by Crippen LogP contribution is 2.21. The molecule has 5 N–H and O–H groups in total.